The van der Waals surface area contributed by atoms with Gasteiger partial charge >= 0.3 is 0 Å². The zero-order chi connectivity index (χ0) is 12.8. The maximum atomic E-state index is 11.9. The van der Waals surface area contributed by atoms with Crippen LogP contribution in [0, 0.1) is 5.92 Å². The summed E-state index contributed by atoms with van der Waals surface area (Å²) in [6, 6.07) is 0.444. The van der Waals surface area contributed by atoms with Gasteiger partial charge in [-0.3, -0.25) is 4.79 Å². The molecule has 0 spiro atoms. The second-order valence-corrected chi connectivity index (χ2v) is 6.82. The van der Waals surface area contributed by atoms with E-state index in [-0.39, 0.29) is 5.91 Å². The minimum atomic E-state index is 0.271. The number of carbonyl (C=O) groups excluding carboxylic acids is 1. The van der Waals surface area contributed by atoms with Crippen molar-refractivity contribution in [3.8, 4) is 0 Å². The van der Waals surface area contributed by atoms with Crippen LogP contribution in [0.1, 0.15) is 44.9 Å². The van der Waals surface area contributed by atoms with Crippen LogP contribution in [-0.4, -0.2) is 36.5 Å². The molecule has 1 aliphatic heterocycles. The van der Waals surface area contributed by atoms with Gasteiger partial charge in [0.25, 0.3) is 0 Å². The molecule has 3 atom stereocenters. The third-order valence-corrected chi connectivity index (χ3v) is 5.36. The van der Waals surface area contributed by atoms with Gasteiger partial charge in [0.15, 0.2) is 0 Å². The summed E-state index contributed by atoms with van der Waals surface area (Å²) < 4.78 is 0. The molecule has 0 aromatic heterocycles. The first-order valence-corrected chi connectivity index (χ1v) is 8.59. The lowest BCUT2D eigenvalue weighted by molar-refractivity contribution is -0.122. The molecule has 0 bridgehead atoms. The summed E-state index contributed by atoms with van der Waals surface area (Å²) in [7, 11) is 0. The molecule has 1 heterocycles. The summed E-state index contributed by atoms with van der Waals surface area (Å²) in [6.45, 7) is 2.26. The molecular formula is C14H26N2OS. The van der Waals surface area contributed by atoms with Crippen LogP contribution in [-0.2, 0) is 4.79 Å². The monoisotopic (exact) mass is 270 g/mol. The van der Waals surface area contributed by atoms with Crippen LogP contribution >= 0.6 is 11.8 Å². The molecule has 1 saturated carbocycles. The lowest BCUT2D eigenvalue weighted by Gasteiger charge is -2.22. The highest BCUT2D eigenvalue weighted by Crippen LogP contribution is 2.28. The number of rotatable bonds is 5. The Morgan fingerprint density at radius 3 is 2.94 bits per heavy atom. The van der Waals surface area contributed by atoms with Gasteiger partial charge in [0.2, 0.25) is 5.91 Å². The zero-order valence-corrected chi connectivity index (χ0v) is 12.2. The first kappa shape index (κ1) is 14.2. The topological polar surface area (TPSA) is 41.1 Å². The van der Waals surface area contributed by atoms with E-state index in [9.17, 15) is 4.79 Å². The first-order valence-electron chi connectivity index (χ1n) is 7.31. The van der Waals surface area contributed by atoms with Crippen molar-refractivity contribution in [2.24, 2.45) is 5.92 Å². The minimum Gasteiger partial charge on any atom is -0.353 e. The highest BCUT2D eigenvalue weighted by Gasteiger charge is 2.25. The highest BCUT2D eigenvalue weighted by molar-refractivity contribution is 7.99. The Morgan fingerprint density at radius 1 is 1.39 bits per heavy atom. The van der Waals surface area contributed by atoms with Gasteiger partial charge in [-0.15, -0.1) is 0 Å². The average Bonchev–Trinajstić information content (AvgIpc) is 2.85. The third-order valence-electron chi connectivity index (χ3n) is 4.26. The standard InChI is InChI=1S/C14H26N2OS/c1-18-13-6-5-12(9-13)16-14(17)7-4-11-3-2-8-15-10-11/h11-13,15H,2-10H2,1H3,(H,16,17). The molecule has 2 fully saturated rings. The van der Waals surface area contributed by atoms with E-state index in [1.807, 2.05) is 11.8 Å². The second kappa shape index (κ2) is 7.39. The molecular weight excluding hydrogens is 244 g/mol. The number of nitrogens with one attached hydrogen (secondary N) is 2. The van der Waals surface area contributed by atoms with Crippen molar-refractivity contribution in [2.75, 3.05) is 19.3 Å². The van der Waals surface area contributed by atoms with Gasteiger partial charge in [0, 0.05) is 17.7 Å². The van der Waals surface area contributed by atoms with Gasteiger partial charge in [0.05, 0.1) is 0 Å². The molecule has 0 radical (unpaired) electrons. The summed E-state index contributed by atoms with van der Waals surface area (Å²) in [4.78, 5) is 11.9. The van der Waals surface area contributed by atoms with Crippen LogP contribution in [0.5, 0.6) is 0 Å². The lowest BCUT2D eigenvalue weighted by atomic mass is 9.94. The van der Waals surface area contributed by atoms with Crippen molar-refractivity contribution in [1.82, 2.24) is 10.6 Å². The molecule has 2 N–H and O–H groups in total. The number of carbonyl (C=O) groups is 1. The fourth-order valence-corrected chi connectivity index (χ4v) is 3.89. The molecule has 18 heavy (non-hydrogen) atoms. The van der Waals surface area contributed by atoms with Crippen LogP contribution in [0.25, 0.3) is 0 Å². The van der Waals surface area contributed by atoms with Crippen molar-refractivity contribution in [2.45, 2.75) is 56.2 Å². The van der Waals surface area contributed by atoms with E-state index in [1.54, 1.807) is 0 Å². The maximum absolute atomic E-state index is 11.9. The number of amides is 1. The highest BCUT2D eigenvalue weighted by atomic mass is 32.2. The van der Waals surface area contributed by atoms with Gasteiger partial charge in [-0.1, -0.05) is 0 Å². The number of piperidine rings is 1. The van der Waals surface area contributed by atoms with Gasteiger partial charge < -0.3 is 10.6 Å². The molecule has 4 heteroatoms. The van der Waals surface area contributed by atoms with Gasteiger partial charge in [-0.05, 0) is 63.8 Å². The van der Waals surface area contributed by atoms with Gasteiger partial charge in [-0.25, -0.2) is 0 Å². The fourth-order valence-electron chi connectivity index (χ4n) is 3.09. The summed E-state index contributed by atoms with van der Waals surface area (Å²) >= 11 is 1.94. The zero-order valence-electron chi connectivity index (χ0n) is 11.4. The van der Waals surface area contributed by atoms with Crippen LogP contribution in [0.4, 0.5) is 0 Å². The molecule has 0 aromatic carbocycles. The molecule has 104 valence electrons. The Labute approximate surface area is 115 Å². The van der Waals surface area contributed by atoms with E-state index in [1.165, 1.54) is 25.7 Å². The summed E-state index contributed by atoms with van der Waals surface area (Å²) in [5, 5.41) is 7.38. The Balaban J connectivity index is 1.60. The summed E-state index contributed by atoms with van der Waals surface area (Å²) in [5.74, 6) is 0.986. The van der Waals surface area contributed by atoms with E-state index in [0.29, 0.717) is 18.4 Å². The predicted octanol–water partition coefficient (Wildman–Crippen LogP) is 2.17. The average molecular weight is 270 g/mol. The first-order chi connectivity index (χ1) is 8.78. The smallest absolute Gasteiger partial charge is 0.220 e. The summed E-state index contributed by atoms with van der Waals surface area (Å²) in [6.07, 6.45) is 10.1. The number of hydrogen-bond acceptors (Lipinski definition) is 3. The molecule has 1 amide bonds. The van der Waals surface area contributed by atoms with E-state index in [2.05, 4.69) is 16.9 Å². The maximum Gasteiger partial charge on any atom is 0.220 e. The Bertz CT molecular complexity index is 267. The Hall–Kier alpha value is -0.220. The van der Waals surface area contributed by atoms with E-state index in [0.717, 1.165) is 31.2 Å². The predicted molar refractivity (Wildman–Crippen MR) is 77.9 cm³/mol. The largest absolute Gasteiger partial charge is 0.353 e. The van der Waals surface area contributed by atoms with E-state index >= 15 is 0 Å². The molecule has 0 aromatic rings. The van der Waals surface area contributed by atoms with E-state index in [4.69, 9.17) is 0 Å². The van der Waals surface area contributed by atoms with Crippen molar-refractivity contribution in [3.05, 3.63) is 0 Å². The minimum absolute atomic E-state index is 0.271. The van der Waals surface area contributed by atoms with Crippen LogP contribution in [0.15, 0.2) is 0 Å². The van der Waals surface area contributed by atoms with Crippen LogP contribution < -0.4 is 10.6 Å². The van der Waals surface area contributed by atoms with Crippen molar-refractivity contribution >= 4 is 17.7 Å². The Morgan fingerprint density at radius 2 is 2.28 bits per heavy atom. The fraction of sp³-hybridized carbons (Fsp3) is 0.929. The lowest BCUT2D eigenvalue weighted by Crippen LogP contribution is -2.34. The molecule has 3 unspecified atom stereocenters. The van der Waals surface area contributed by atoms with Crippen molar-refractivity contribution < 1.29 is 4.79 Å². The SMILES string of the molecule is CSC1CCC(NC(=O)CCC2CCCNC2)C1. The van der Waals surface area contributed by atoms with Crippen molar-refractivity contribution in [1.29, 1.82) is 0 Å². The van der Waals surface area contributed by atoms with Crippen LogP contribution in [0.2, 0.25) is 0 Å². The van der Waals surface area contributed by atoms with Gasteiger partial charge in [0.1, 0.15) is 0 Å². The van der Waals surface area contributed by atoms with Gasteiger partial charge in [-0.2, -0.15) is 11.8 Å². The Kier molecular flexibility index (Phi) is 5.83. The molecule has 3 nitrogen and oxygen atoms in total. The normalized spacial score (nSPS) is 32.4. The quantitative estimate of drug-likeness (QED) is 0.804. The second-order valence-electron chi connectivity index (χ2n) is 5.69. The molecule has 1 saturated heterocycles. The molecule has 2 aliphatic rings. The van der Waals surface area contributed by atoms with E-state index < -0.39 is 0 Å². The van der Waals surface area contributed by atoms with Crippen LogP contribution in [0.3, 0.4) is 0 Å². The third kappa shape index (κ3) is 4.47. The molecule has 2 rings (SSSR count). The number of hydrogen-bond donors (Lipinski definition) is 2. The van der Waals surface area contributed by atoms with Crippen molar-refractivity contribution in [3.63, 3.8) is 0 Å². The summed E-state index contributed by atoms with van der Waals surface area (Å²) in [5.41, 5.74) is 0. The molecule has 1 aliphatic carbocycles. The number of thioether (sulfide) groups is 1.